The number of aromatic nitrogens is 2. The van der Waals surface area contributed by atoms with Crippen molar-refractivity contribution in [3.8, 4) is 10.4 Å². The van der Waals surface area contributed by atoms with E-state index in [1.807, 2.05) is 37.3 Å². The molecule has 0 saturated heterocycles. The molecule has 3 rings (SSSR count). The normalized spacial score (nSPS) is 10.7. The lowest BCUT2D eigenvalue weighted by molar-refractivity contribution is -0.120. The SMILES string of the molecule is CCCCNC(=O)NC(=O)Cn1cnc2sc(-c3ccccc3)cc2c1=O. The monoisotopic (exact) mass is 384 g/mol. The second-order valence-electron chi connectivity index (χ2n) is 6.03. The molecule has 2 aromatic heterocycles. The van der Waals surface area contributed by atoms with Crippen molar-refractivity contribution < 1.29 is 9.59 Å². The van der Waals surface area contributed by atoms with Gasteiger partial charge in [0.15, 0.2) is 0 Å². The summed E-state index contributed by atoms with van der Waals surface area (Å²) in [5.74, 6) is -0.564. The summed E-state index contributed by atoms with van der Waals surface area (Å²) in [7, 11) is 0. The number of fused-ring (bicyclic) bond motifs is 1. The van der Waals surface area contributed by atoms with Crippen molar-refractivity contribution in [1.82, 2.24) is 20.2 Å². The Morgan fingerprint density at radius 1 is 1.22 bits per heavy atom. The molecule has 0 spiro atoms. The van der Waals surface area contributed by atoms with Crippen LogP contribution in [0.3, 0.4) is 0 Å². The molecule has 7 nitrogen and oxygen atoms in total. The van der Waals surface area contributed by atoms with Crippen LogP contribution in [0.15, 0.2) is 47.5 Å². The summed E-state index contributed by atoms with van der Waals surface area (Å²) in [4.78, 5) is 42.1. The first-order chi connectivity index (χ1) is 13.1. The summed E-state index contributed by atoms with van der Waals surface area (Å²) in [6.07, 6.45) is 3.12. The van der Waals surface area contributed by atoms with E-state index in [0.29, 0.717) is 16.8 Å². The van der Waals surface area contributed by atoms with Gasteiger partial charge >= 0.3 is 6.03 Å². The van der Waals surface area contributed by atoms with Crippen molar-refractivity contribution >= 4 is 33.5 Å². The Hall–Kier alpha value is -3.00. The van der Waals surface area contributed by atoms with E-state index in [2.05, 4.69) is 15.6 Å². The van der Waals surface area contributed by atoms with Crippen molar-refractivity contribution in [2.45, 2.75) is 26.3 Å². The predicted octanol–water partition coefficient (Wildman–Crippen LogP) is 2.75. The summed E-state index contributed by atoms with van der Waals surface area (Å²) >= 11 is 1.42. The van der Waals surface area contributed by atoms with Crippen LogP contribution in [-0.2, 0) is 11.3 Å². The number of amides is 3. The minimum atomic E-state index is -0.564. The Morgan fingerprint density at radius 3 is 2.74 bits per heavy atom. The van der Waals surface area contributed by atoms with Crippen LogP contribution >= 0.6 is 11.3 Å². The first-order valence-corrected chi connectivity index (χ1v) is 9.52. The molecule has 8 heteroatoms. The van der Waals surface area contributed by atoms with Crippen LogP contribution in [0, 0.1) is 0 Å². The van der Waals surface area contributed by atoms with Gasteiger partial charge in [-0.1, -0.05) is 43.7 Å². The largest absolute Gasteiger partial charge is 0.338 e. The maximum atomic E-state index is 12.7. The molecule has 0 aliphatic heterocycles. The number of imide groups is 1. The lowest BCUT2D eigenvalue weighted by Gasteiger charge is -2.07. The van der Waals surface area contributed by atoms with Crippen molar-refractivity contribution in [2.75, 3.05) is 6.54 Å². The van der Waals surface area contributed by atoms with Gasteiger partial charge < -0.3 is 5.32 Å². The summed E-state index contributed by atoms with van der Waals surface area (Å²) in [5.41, 5.74) is 0.702. The van der Waals surface area contributed by atoms with Gasteiger partial charge in [0.25, 0.3) is 5.56 Å². The second-order valence-corrected chi connectivity index (χ2v) is 7.06. The molecule has 0 aliphatic rings. The number of unbranched alkanes of at least 4 members (excludes halogenated alkanes) is 1. The molecule has 2 heterocycles. The number of thiophene rings is 1. The molecule has 0 saturated carbocycles. The van der Waals surface area contributed by atoms with E-state index in [0.717, 1.165) is 23.3 Å². The average molecular weight is 384 g/mol. The Labute approximate surface area is 160 Å². The van der Waals surface area contributed by atoms with Crippen LogP contribution in [0.2, 0.25) is 0 Å². The van der Waals surface area contributed by atoms with E-state index >= 15 is 0 Å². The smallest absolute Gasteiger partial charge is 0.321 e. The van der Waals surface area contributed by atoms with Gasteiger partial charge in [0.1, 0.15) is 11.4 Å². The van der Waals surface area contributed by atoms with Crippen LogP contribution in [0.4, 0.5) is 4.79 Å². The average Bonchev–Trinajstić information content (AvgIpc) is 3.10. The second kappa shape index (κ2) is 8.59. The maximum Gasteiger partial charge on any atom is 0.321 e. The Balaban J connectivity index is 1.74. The Morgan fingerprint density at radius 2 is 2.00 bits per heavy atom. The Kier molecular flexibility index (Phi) is 5.97. The minimum absolute atomic E-state index is 0.264. The zero-order valence-corrected chi connectivity index (χ0v) is 15.7. The van der Waals surface area contributed by atoms with Crippen molar-refractivity contribution in [1.29, 1.82) is 0 Å². The molecule has 2 N–H and O–H groups in total. The Bertz CT molecular complexity index is 1010. The fraction of sp³-hybridized carbons (Fsp3) is 0.263. The molecule has 3 amide bonds. The quantitative estimate of drug-likeness (QED) is 0.639. The first kappa shape index (κ1) is 18.8. The number of urea groups is 1. The molecule has 0 bridgehead atoms. The number of nitrogens with one attached hydrogen (secondary N) is 2. The zero-order chi connectivity index (χ0) is 19.2. The van der Waals surface area contributed by atoms with Gasteiger partial charge in [0, 0.05) is 11.4 Å². The highest BCUT2D eigenvalue weighted by atomic mass is 32.1. The van der Waals surface area contributed by atoms with E-state index in [9.17, 15) is 14.4 Å². The molecule has 3 aromatic rings. The van der Waals surface area contributed by atoms with Crippen molar-refractivity contribution in [3.63, 3.8) is 0 Å². The summed E-state index contributed by atoms with van der Waals surface area (Å²) in [5, 5.41) is 5.27. The van der Waals surface area contributed by atoms with Crippen LogP contribution < -0.4 is 16.2 Å². The van der Waals surface area contributed by atoms with Crippen molar-refractivity contribution in [2.24, 2.45) is 0 Å². The number of hydrogen-bond donors (Lipinski definition) is 2. The van der Waals surface area contributed by atoms with Gasteiger partial charge in [-0.3, -0.25) is 19.5 Å². The number of hydrogen-bond acceptors (Lipinski definition) is 5. The highest BCUT2D eigenvalue weighted by Gasteiger charge is 2.13. The van der Waals surface area contributed by atoms with Gasteiger partial charge in [-0.05, 0) is 18.1 Å². The maximum absolute atomic E-state index is 12.7. The standard InChI is InChI=1S/C19H20N4O3S/c1-2-3-9-20-19(26)22-16(24)11-23-12-21-17-14(18(23)25)10-15(27-17)13-7-5-4-6-8-13/h4-8,10,12H,2-3,9,11H2,1H3,(H2,20,22,24,26). The van der Waals surface area contributed by atoms with E-state index in [1.165, 1.54) is 22.2 Å². The molecule has 1 aromatic carbocycles. The van der Waals surface area contributed by atoms with E-state index < -0.39 is 11.9 Å². The lowest BCUT2D eigenvalue weighted by Crippen LogP contribution is -2.42. The highest BCUT2D eigenvalue weighted by molar-refractivity contribution is 7.21. The molecule has 27 heavy (non-hydrogen) atoms. The number of carbonyl (C=O) groups is 2. The third-order valence-corrected chi connectivity index (χ3v) is 5.05. The van der Waals surface area contributed by atoms with Gasteiger partial charge in [-0.2, -0.15) is 0 Å². The lowest BCUT2D eigenvalue weighted by atomic mass is 10.2. The molecule has 140 valence electrons. The first-order valence-electron chi connectivity index (χ1n) is 8.70. The van der Waals surface area contributed by atoms with Crippen LogP contribution in [-0.4, -0.2) is 28.0 Å². The van der Waals surface area contributed by atoms with E-state index in [4.69, 9.17) is 0 Å². The summed E-state index contributed by atoms with van der Waals surface area (Å²) in [6.45, 7) is 2.24. The summed E-state index contributed by atoms with van der Waals surface area (Å²) in [6, 6.07) is 11.0. The zero-order valence-electron chi connectivity index (χ0n) is 14.9. The van der Waals surface area contributed by atoms with Crippen molar-refractivity contribution in [3.05, 3.63) is 53.1 Å². The molecule has 0 fully saturated rings. The van der Waals surface area contributed by atoms with Gasteiger partial charge in [0.2, 0.25) is 5.91 Å². The van der Waals surface area contributed by atoms with Gasteiger partial charge in [-0.15, -0.1) is 11.3 Å². The molecule has 0 unspecified atom stereocenters. The fourth-order valence-corrected chi connectivity index (χ4v) is 3.56. The topological polar surface area (TPSA) is 93.1 Å². The van der Waals surface area contributed by atoms with Gasteiger partial charge in [0.05, 0.1) is 11.7 Å². The van der Waals surface area contributed by atoms with Gasteiger partial charge in [-0.25, -0.2) is 9.78 Å². The molecule has 0 atom stereocenters. The molecule has 0 radical (unpaired) electrons. The number of benzene rings is 1. The van der Waals surface area contributed by atoms with E-state index in [1.54, 1.807) is 6.07 Å². The predicted molar refractivity (Wildman–Crippen MR) is 106 cm³/mol. The van der Waals surface area contributed by atoms with E-state index in [-0.39, 0.29) is 12.1 Å². The minimum Gasteiger partial charge on any atom is -0.338 e. The molecular formula is C19H20N4O3S. The third-order valence-electron chi connectivity index (χ3n) is 3.96. The molecular weight excluding hydrogens is 364 g/mol. The third kappa shape index (κ3) is 4.59. The number of carbonyl (C=O) groups excluding carboxylic acids is 2. The van der Waals surface area contributed by atoms with Crippen LogP contribution in [0.1, 0.15) is 19.8 Å². The molecule has 0 aliphatic carbocycles. The van der Waals surface area contributed by atoms with Crippen LogP contribution in [0.5, 0.6) is 0 Å². The number of rotatable bonds is 6. The summed E-state index contributed by atoms with van der Waals surface area (Å²) < 4.78 is 1.21. The highest BCUT2D eigenvalue weighted by Crippen LogP contribution is 2.30. The number of nitrogens with zero attached hydrogens (tertiary/aromatic N) is 2. The fourth-order valence-electron chi connectivity index (χ4n) is 2.56. The van der Waals surface area contributed by atoms with Crippen LogP contribution in [0.25, 0.3) is 20.7 Å².